The second-order valence-corrected chi connectivity index (χ2v) is 7.81. The van der Waals surface area contributed by atoms with E-state index in [-0.39, 0.29) is 0 Å². The van der Waals surface area contributed by atoms with Crippen LogP contribution in [0.3, 0.4) is 0 Å². The molecule has 0 bridgehead atoms. The van der Waals surface area contributed by atoms with E-state index >= 15 is 0 Å². The molecule has 0 spiro atoms. The summed E-state index contributed by atoms with van der Waals surface area (Å²) in [5.74, 6) is 0. The summed E-state index contributed by atoms with van der Waals surface area (Å²) in [5, 5.41) is 4.72. The summed E-state index contributed by atoms with van der Waals surface area (Å²) in [4.78, 5) is 16.8. The van der Waals surface area contributed by atoms with Crippen LogP contribution in [0.5, 0.6) is 0 Å². The third kappa shape index (κ3) is 2.81. The van der Waals surface area contributed by atoms with Crippen molar-refractivity contribution >= 4 is 62.2 Å². The molecule has 0 N–H and O–H groups in total. The summed E-state index contributed by atoms with van der Waals surface area (Å²) in [5.41, 5.74) is 6.13. The summed E-state index contributed by atoms with van der Waals surface area (Å²) >= 11 is 0. The van der Waals surface area contributed by atoms with Gasteiger partial charge in [-0.25, -0.2) is 9.97 Å². The quantitative estimate of drug-likeness (QED) is 0.329. The maximum absolute atomic E-state index is 4.26. The Morgan fingerprint density at radius 1 is 0.818 bits per heavy atom. The van der Waals surface area contributed by atoms with Gasteiger partial charge in [0.15, 0.2) is 0 Å². The van der Waals surface area contributed by atoms with E-state index in [0.29, 0.717) is 0 Å². The number of hydrogen-bond donors (Lipinski definition) is 0. The third-order valence-corrected chi connectivity index (χ3v) is 6.01. The normalized spacial score (nSPS) is 12.6. The van der Waals surface area contributed by atoms with Crippen LogP contribution in [0, 0.1) is 0 Å². The van der Waals surface area contributed by atoms with Crippen molar-refractivity contribution in [2.45, 2.75) is 0 Å². The smallest absolute Gasteiger partial charge is 0.115 e. The number of hydrogen-bond acceptors (Lipinski definition) is 4. The third-order valence-electron chi connectivity index (χ3n) is 6.01. The number of aromatic nitrogens is 4. The van der Waals surface area contributed by atoms with Gasteiger partial charge in [-0.15, -0.1) is 0 Å². The lowest BCUT2D eigenvalue weighted by Crippen LogP contribution is -1.99. The lowest BCUT2D eigenvalue weighted by atomic mass is 10.1. The molecular weight excluding hydrogens is 408 g/mol. The highest BCUT2D eigenvalue weighted by atomic mass is 15.0. The van der Waals surface area contributed by atoms with Crippen LogP contribution in [0.25, 0.3) is 55.0 Å². The number of nitrogens with zero attached hydrogens (tertiary/aromatic N) is 6. The summed E-state index contributed by atoms with van der Waals surface area (Å²) in [6.45, 7) is 3.67. The average Bonchev–Trinajstić information content (AvgIpc) is 3.35. The molecule has 0 atom stereocenters. The van der Waals surface area contributed by atoms with Crippen molar-refractivity contribution in [3.8, 4) is 5.69 Å². The molecule has 6 aromatic rings. The molecule has 3 heterocycles. The van der Waals surface area contributed by atoms with E-state index in [9.17, 15) is 0 Å². The van der Waals surface area contributed by atoms with Gasteiger partial charge in [0, 0.05) is 34.8 Å². The minimum absolute atomic E-state index is 0.851. The Morgan fingerprint density at radius 2 is 1.48 bits per heavy atom. The monoisotopic (exact) mass is 428 g/mol. The topological polar surface area (TPSA) is 60.4 Å². The van der Waals surface area contributed by atoms with Gasteiger partial charge in [-0.2, -0.15) is 0 Å². The van der Waals surface area contributed by atoms with Crippen molar-refractivity contribution < 1.29 is 0 Å². The maximum Gasteiger partial charge on any atom is 0.115 e. The number of allylic oxidation sites excluding steroid dienone is 1. The van der Waals surface area contributed by atoms with E-state index in [1.807, 2.05) is 18.6 Å². The molecular formula is C27H20N6. The second kappa shape index (κ2) is 7.53. The zero-order valence-electron chi connectivity index (χ0n) is 18.1. The molecule has 0 unspecified atom stereocenters. The standard InChI is InChI=1S/C27H20N6/c1-28-13-18(14-29-2)32-24-9-5-3-7-20(24)22-11-23-21-8-4-6-10-25(21)33(27(23)12-26(22)32)19-15-30-17-31-16-19/h3-17H,1H2,2H3/b18-13+,29-14?. The van der Waals surface area contributed by atoms with E-state index in [1.165, 1.54) is 21.5 Å². The fraction of sp³-hybridized carbons (Fsp3) is 0.0370. The Labute approximate surface area is 189 Å². The van der Waals surface area contributed by atoms with Gasteiger partial charge in [-0.3, -0.25) is 9.98 Å². The summed E-state index contributed by atoms with van der Waals surface area (Å²) in [6, 6.07) is 21.4. The average molecular weight is 428 g/mol. The van der Waals surface area contributed by atoms with E-state index in [0.717, 1.165) is 33.5 Å². The molecule has 0 saturated heterocycles. The highest BCUT2D eigenvalue weighted by Gasteiger charge is 2.18. The zero-order chi connectivity index (χ0) is 22.4. The first-order valence-electron chi connectivity index (χ1n) is 10.6. The van der Waals surface area contributed by atoms with E-state index in [1.54, 1.807) is 19.6 Å². The first kappa shape index (κ1) is 19.1. The van der Waals surface area contributed by atoms with Crippen molar-refractivity contribution in [1.29, 1.82) is 0 Å². The first-order chi connectivity index (χ1) is 16.3. The van der Waals surface area contributed by atoms with Crippen LogP contribution in [-0.4, -0.2) is 39.1 Å². The molecule has 0 radical (unpaired) electrons. The van der Waals surface area contributed by atoms with Crippen molar-refractivity contribution in [2.75, 3.05) is 7.05 Å². The van der Waals surface area contributed by atoms with E-state index in [4.69, 9.17) is 0 Å². The van der Waals surface area contributed by atoms with Gasteiger partial charge in [0.25, 0.3) is 0 Å². The Bertz CT molecular complexity index is 1730. The van der Waals surface area contributed by atoms with Gasteiger partial charge in [-0.05, 0) is 31.0 Å². The van der Waals surface area contributed by atoms with Gasteiger partial charge in [-0.1, -0.05) is 36.4 Å². The molecule has 0 amide bonds. The molecule has 33 heavy (non-hydrogen) atoms. The van der Waals surface area contributed by atoms with Gasteiger partial charge >= 0.3 is 0 Å². The molecule has 3 aromatic carbocycles. The summed E-state index contributed by atoms with van der Waals surface area (Å²) in [7, 11) is 1.76. The Hall–Kier alpha value is -4.58. The van der Waals surface area contributed by atoms with Gasteiger partial charge in [0.2, 0.25) is 0 Å². The van der Waals surface area contributed by atoms with Gasteiger partial charge in [0.05, 0.1) is 52.0 Å². The number of aliphatic imine (C=N–C) groups is 2. The first-order valence-corrected chi connectivity index (χ1v) is 10.6. The number of para-hydroxylation sites is 2. The fourth-order valence-corrected chi connectivity index (χ4v) is 4.77. The molecule has 0 aliphatic heterocycles. The SMILES string of the molecule is C=N/C=C(\C=NC)n1c2ccccc2c2cc3c4ccccc4n(-c4cncnc4)c3cc21. The lowest BCUT2D eigenvalue weighted by Gasteiger charge is -2.09. The van der Waals surface area contributed by atoms with Crippen molar-refractivity contribution in [2.24, 2.45) is 9.98 Å². The number of fused-ring (bicyclic) bond motifs is 6. The zero-order valence-corrected chi connectivity index (χ0v) is 18.1. The molecule has 0 saturated carbocycles. The minimum Gasteiger partial charge on any atom is -0.306 e. The van der Waals surface area contributed by atoms with Crippen LogP contribution >= 0.6 is 0 Å². The van der Waals surface area contributed by atoms with Crippen molar-refractivity contribution in [3.63, 3.8) is 0 Å². The van der Waals surface area contributed by atoms with Crippen LogP contribution in [0.15, 0.2) is 95.6 Å². The number of rotatable bonds is 4. The van der Waals surface area contributed by atoms with Gasteiger partial charge in [0.1, 0.15) is 6.33 Å². The molecule has 3 aromatic heterocycles. The Kier molecular flexibility index (Phi) is 4.36. The molecule has 158 valence electrons. The maximum atomic E-state index is 4.26. The van der Waals surface area contributed by atoms with Crippen LogP contribution in [0.2, 0.25) is 0 Å². The predicted molar refractivity (Wildman–Crippen MR) is 138 cm³/mol. The molecule has 6 nitrogen and oxygen atoms in total. The molecule has 6 rings (SSSR count). The van der Waals surface area contributed by atoms with Crippen LogP contribution in [0.1, 0.15) is 0 Å². The van der Waals surface area contributed by atoms with Gasteiger partial charge < -0.3 is 9.13 Å². The van der Waals surface area contributed by atoms with Crippen LogP contribution in [-0.2, 0) is 0 Å². The fourth-order valence-electron chi connectivity index (χ4n) is 4.77. The molecule has 0 fully saturated rings. The van der Waals surface area contributed by atoms with Crippen LogP contribution in [0.4, 0.5) is 0 Å². The molecule has 0 aliphatic rings. The van der Waals surface area contributed by atoms with Crippen LogP contribution < -0.4 is 0 Å². The van der Waals surface area contributed by atoms with Crippen molar-refractivity contribution in [1.82, 2.24) is 19.1 Å². The highest BCUT2D eigenvalue weighted by Crippen LogP contribution is 2.39. The second-order valence-electron chi connectivity index (χ2n) is 7.81. The Morgan fingerprint density at radius 3 is 2.21 bits per heavy atom. The van der Waals surface area contributed by atoms with Crippen molar-refractivity contribution in [3.05, 3.63) is 85.6 Å². The highest BCUT2D eigenvalue weighted by molar-refractivity contribution is 6.21. The minimum atomic E-state index is 0.851. The molecule has 0 aliphatic carbocycles. The lowest BCUT2D eigenvalue weighted by molar-refractivity contribution is 1.07. The largest absolute Gasteiger partial charge is 0.306 e. The number of benzene rings is 3. The predicted octanol–water partition coefficient (Wildman–Crippen LogP) is 5.88. The van der Waals surface area contributed by atoms with E-state index < -0.39 is 0 Å². The summed E-state index contributed by atoms with van der Waals surface area (Å²) in [6.07, 6.45) is 8.79. The molecule has 6 heteroatoms. The Balaban J connectivity index is 1.84. The summed E-state index contributed by atoms with van der Waals surface area (Å²) < 4.78 is 4.41. The van der Waals surface area contributed by atoms with E-state index in [2.05, 4.69) is 96.5 Å².